The molecular weight excluding hydrogens is 355 g/mol. The minimum atomic E-state index is -0.477. The first-order valence-electron chi connectivity index (χ1n) is 9.00. The Kier molecular flexibility index (Phi) is 4.57. The number of pyridine rings is 1. The van der Waals surface area contributed by atoms with Crippen LogP contribution in [-0.4, -0.2) is 17.6 Å². The van der Waals surface area contributed by atoms with E-state index in [0.29, 0.717) is 35.5 Å². The Labute approximate surface area is 156 Å². The summed E-state index contributed by atoms with van der Waals surface area (Å²) >= 11 is 5.77. The van der Waals surface area contributed by atoms with Gasteiger partial charge in [0.25, 0.3) is 0 Å². The number of hydrogen-bond acceptors (Lipinski definition) is 4. The summed E-state index contributed by atoms with van der Waals surface area (Å²) in [6, 6.07) is 4.60. The van der Waals surface area contributed by atoms with Gasteiger partial charge in [0, 0.05) is 17.4 Å². The van der Waals surface area contributed by atoms with Crippen molar-refractivity contribution < 1.29 is 13.9 Å². The molecule has 3 aliphatic carbocycles. The Morgan fingerprint density at radius 1 is 1.27 bits per heavy atom. The fourth-order valence-corrected chi connectivity index (χ4v) is 4.36. The normalized spacial score (nSPS) is 20.6. The van der Waals surface area contributed by atoms with E-state index in [1.54, 1.807) is 19.2 Å². The molecule has 6 heteroatoms. The van der Waals surface area contributed by atoms with Crippen molar-refractivity contribution in [2.45, 2.75) is 44.4 Å². The fourth-order valence-electron chi connectivity index (χ4n) is 4.25. The van der Waals surface area contributed by atoms with E-state index in [1.165, 1.54) is 12.1 Å². The van der Waals surface area contributed by atoms with Gasteiger partial charge in [0.15, 0.2) is 0 Å². The van der Waals surface area contributed by atoms with Crippen LogP contribution in [0.4, 0.5) is 15.9 Å². The first kappa shape index (κ1) is 17.3. The van der Waals surface area contributed by atoms with E-state index in [-0.39, 0.29) is 11.0 Å². The third-order valence-corrected chi connectivity index (χ3v) is 5.69. The van der Waals surface area contributed by atoms with Gasteiger partial charge in [-0.25, -0.2) is 14.2 Å². The Hall–Kier alpha value is -2.14. The van der Waals surface area contributed by atoms with Crippen LogP contribution in [0.2, 0.25) is 5.02 Å². The van der Waals surface area contributed by atoms with Crippen molar-refractivity contribution in [2.24, 2.45) is 0 Å². The summed E-state index contributed by atoms with van der Waals surface area (Å²) in [6.07, 6.45) is 5.95. The first-order valence-corrected chi connectivity index (χ1v) is 9.38. The van der Waals surface area contributed by atoms with Gasteiger partial charge in [0.1, 0.15) is 11.6 Å². The molecular formula is C20H20ClFN2O2. The van der Waals surface area contributed by atoms with Crippen LogP contribution in [0.1, 0.15) is 65.9 Å². The highest BCUT2D eigenvalue weighted by Crippen LogP contribution is 2.52. The number of nitrogens with zero attached hydrogens (tertiary/aromatic N) is 1. The Balaban J connectivity index is 1.78. The summed E-state index contributed by atoms with van der Waals surface area (Å²) in [5, 5.41) is 3.31. The number of esters is 1. The van der Waals surface area contributed by atoms with Gasteiger partial charge < -0.3 is 10.1 Å². The van der Waals surface area contributed by atoms with E-state index in [2.05, 4.69) is 10.3 Å². The standard InChI is InChI=1S/C20H20ClFN2O2/c1-2-26-20(25)14-10-23-19(24-13-7-8-15(21)16(22)9-13)18-12-5-3-11(4-6-12)17(14)18/h7-12H,2-6H2,1H3,(H,23,24). The van der Waals surface area contributed by atoms with Crippen molar-refractivity contribution in [3.63, 3.8) is 0 Å². The zero-order valence-corrected chi connectivity index (χ0v) is 15.3. The molecule has 0 unspecified atom stereocenters. The number of carbonyl (C=O) groups is 1. The van der Waals surface area contributed by atoms with Crippen LogP contribution in [0.5, 0.6) is 0 Å². The number of rotatable bonds is 4. The second kappa shape index (κ2) is 6.88. The van der Waals surface area contributed by atoms with Crippen molar-refractivity contribution in [2.75, 3.05) is 11.9 Å². The summed E-state index contributed by atoms with van der Waals surface area (Å²) in [5.41, 5.74) is 3.32. The third kappa shape index (κ3) is 2.94. The van der Waals surface area contributed by atoms with Gasteiger partial charge in [-0.2, -0.15) is 0 Å². The van der Waals surface area contributed by atoms with Gasteiger partial charge in [-0.05, 0) is 68.2 Å². The molecule has 1 fully saturated rings. The lowest BCUT2D eigenvalue weighted by molar-refractivity contribution is 0.0522. The number of ether oxygens (including phenoxy) is 1. The molecule has 26 heavy (non-hydrogen) atoms. The number of anilines is 2. The molecule has 0 radical (unpaired) electrons. The highest BCUT2D eigenvalue weighted by Gasteiger charge is 2.38. The van der Waals surface area contributed by atoms with Gasteiger partial charge in [-0.1, -0.05) is 11.6 Å². The van der Waals surface area contributed by atoms with Crippen LogP contribution >= 0.6 is 11.6 Å². The molecule has 1 aromatic heterocycles. The molecule has 4 nitrogen and oxygen atoms in total. The van der Waals surface area contributed by atoms with Crippen molar-refractivity contribution in [3.05, 3.63) is 51.9 Å². The van der Waals surface area contributed by atoms with E-state index in [4.69, 9.17) is 16.3 Å². The van der Waals surface area contributed by atoms with Crippen LogP contribution < -0.4 is 5.32 Å². The molecule has 2 aromatic rings. The van der Waals surface area contributed by atoms with E-state index in [9.17, 15) is 9.18 Å². The van der Waals surface area contributed by atoms with Gasteiger partial charge in [0.2, 0.25) is 0 Å². The summed E-state index contributed by atoms with van der Waals surface area (Å²) in [5.74, 6) is 0.642. The molecule has 5 rings (SSSR count). The van der Waals surface area contributed by atoms with Crippen LogP contribution in [0.15, 0.2) is 24.4 Å². The number of carbonyl (C=O) groups excluding carboxylic acids is 1. The predicted octanol–water partition coefficient (Wildman–Crippen LogP) is 5.55. The highest BCUT2D eigenvalue weighted by molar-refractivity contribution is 6.30. The van der Waals surface area contributed by atoms with Crippen molar-refractivity contribution in [1.29, 1.82) is 0 Å². The van der Waals surface area contributed by atoms with E-state index >= 15 is 0 Å². The molecule has 2 bridgehead atoms. The van der Waals surface area contributed by atoms with Crippen LogP contribution in [0, 0.1) is 5.82 Å². The molecule has 136 valence electrons. The second-order valence-electron chi connectivity index (χ2n) is 6.87. The lowest BCUT2D eigenvalue weighted by Gasteiger charge is -2.40. The maximum Gasteiger partial charge on any atom is 0.339 e. The minimum absolute atomic E-state index is 0.0854. The number of benzene rings is 1. The number of hydrogen-bond donors (Lipinski definition) is 1. The SMILES string of the molecule is CCOC(=O)c1cnc(Nc2ccc(Cl)c(F)c2)c2c1C1CCC2CC1. The third-order valence-electron chi connectivity index (χ3n) is 5.38. The van der Waals surface area contributed by atoms with Crippen molar-refractivity contribution in [1.82, 2.24) is 4.98 Å². The minimum Gasteiger partial charge on any atom is -0.462 e. The van der Waals surface area contributed by atoms with Crippen molar-refractivity contribution in [3.8, 4) is 0 Å². The average Bonchev–Trinajstić information content (AvgIpc) is 2.66. The van der Waals surface area contributed by atoms with Gasteiger partial charge in [-0.3, -0.25) is 0 Å². The fraction of sp³-hybridized carbons (Fsp3) is 0.400. The topological polar surface area (TPSA) is 51.2 Å². The molecule has 1 aromatic carbocycles. The molecule has 0 aliphatic heterocycles. The van der Waals surface area contributed by atoms with Gasteiger partial charge in [-0.15, -0.1) is 0 Å². The number of fused-ring (bicyclic) bond motifs is 2. The summed E-state index contributed by atoms with van der Waals surface area (Å²) in [6.45, 7) is 2.14. The smallest absolute Gasteiger partial charge is 0.339 e. The first-order chi connectivity index (χ1) is 12.6. The zero-order chi connectivity index (χ0) is 18.3. The molecule has 1 N–H and O–H groups in total. The summed E-state index contributed by atoms with van der Waals surface area (Å²) in [7, 11) is 0. The molecule has 0 atom stereocenters. The van der Waals surface area contributed by atoms with Crippen LogP contribution in [0.25, 0.3) is 0 Å². The zero-order valence-electron chi connectivity index (χ0n) is 14.5. The monoisotopic (exact) mass is 374 g/mol. The van der Waals surface area contributed by atoms with Gasteiger partial charge >= 0.3 is 5.97 Å². The Morgan fingerprint density at radius 2 is 1.96 bits per heavy atom. The molecule has 0 saturated heterocycles. The largest absolute Gasteiger partial charge is 0.462 e. The lowest BCUT2D eigenvalue weighted by atomic mass is 9.66. The Bertz CT molecular complexity index is 863. The van der Waals surface area contributed by atoms with Gasteiger partial charge in [0.05, 0.1) is 17.2 Å². The molecule has 1 saturated carbocycles. The van der Waals surface area contributed by atoms with Crippen LogP contribution in [-0.2, 0) is 4.74 Å². The molecule has 1 heterocycles. The highest BCUT2D eigenvalue weighted by atomic mass is 35.5. The quantitative estimate of drug-likeness (QED) is 0.713. The maximum absolute atomic E-state index is 13.8. The van der Waals surface area contributed by atoms with E-state index < -0.39 is 5.82 Å². The average molecular weight is 375 g/mol. The summed E-state index contributed by atoms with van der Waals surface area (Å²) in [4.78, 5) is 16.9. The number of aromatic nitrogens is 1. The molecule has 3 aliphatic rings. The Morgan fingerprint density at radius 3 is 2.62 bits per heavy atom. The predicted molar refractivity (Wildman–Crippen MR) is 98.8 cm³/mol. The second-order valence-corrected chi connectivity index (χ2v) is 7.28. The van der Waals surface area contributed by atoms with E-state index in [1.807, 2.05) is 0 Å². The van der Waals surface area contributed by atoms with Crippen LogP contribution in [0.3, 0.4) is 0 Å². The lowest BCUT2D eigenvalue weighted by Crippen LogP contribution is -2.26. The number of halogens is 2. The maximum atomic E-state index is 13.8. The number of nitrogens with one attached hydrogen (secondary N) is 1. The molecule has 0 amide bonds. The van der Waals surface area contributed by atoms with E-state index in [0.717, 1.165) is 36.8 Å². The van der Waals surface area contributed by atoms with Crippen molar-refractivity contribution >= 4 is 29.1 Å². The summed E-state index contributed by atoms with van der Waals surface area (Å²) < 4.78 is 19.0. The molecule has 0 spiro atoms.